The summed E-state index contributed by atoms with van der Waals surface area (Å²) >= 11 is 0. The number of aromatic nitrogens is 1. The van der Waals surface area contributed by atoms with Crippen LogP contribution in [0.15, 0.2) is 23.1 Å². The van der Waals surface area contributed by atoms with E-state index in [4.69, 9.17) is 5.73 Å². The molecule has 1 aromatic rings. The minimum absolute atomic E-state index is 0.0247. The van der Waals surface area contributed by atoms with Crippen LogP contribution >= 0.6 is 0 Å². The van der Waals surface area contributed by atoms with Gasteiger partial charge in [0.05, 0.1) is 5.56 Å². The fraction of sp³-hybridized carbons (Fsp3) is 0.300. The van der Waals surface area contributed by atoms with E-state index in [0.29, 0.717) is 19.2 Å². The zero-order valence-corrected chi connectivity index (χ0v) is 8.34. The van der Waals surface area contributed by atoms with Gasteiger partial charge in [0.25, 0.3) is 5.56 Å². The number of nitrogens with two attached hydrogens (primary N) is 1. The van der Waals surface area contributed by atoms with E-state index >= 15 is 0 Å². The highest BCUT2D eigenvalue weighted by atomic mass is 19.4. The quantitative estimate of drug-likeness (QED) is 0.834. The lowest BCUT2D eigenvalue weighted by Crippen LogP contribution is -2.14. The molecule has 0 aliphatic heterocycles. The third kappa shape index (κ3) is 3.23. The smallest absolute Gasteiger partial charge is 0.330 e. The molecule has 0 amide bonds. The molecule has 0 spiro atoms. The molecule has 6 heteroatoms. The van der Waals surface area contributed by atoms with Gasteiger partial charge in [-0.15, -0.1) is 0 Å². The summed E-state index contributed by atoms with van der Waals surface area (Å²) < 4.78 is 37.0. The highest BCUT2D eigenvalue weighted by Crippen LogP contribution is 2.28. The fourth-order valence-electron chi connectivity index (χ4n) is 1.10. The monoisotopic (exact) mass is 232 g/mol. The number of hydrogen-bond donors (Lipinski definition) is 2. The van der Waals surface area contributed by atoms with Gasteiger partial charge >= 0.3 is 6.18 Å². The van der Waals surface area contributed by atoms with Gasteiger partial charge < -0.3 is 10.7 Å². The van der Waals surface area contributed by atoms with Crippen LogP contribution in [-0.2, 0) is 6.18 Å². The molecule has 3 N–H and O–H groups in total. The van der Waals surface area contributed by atoms with Crippen LogP contribution < -0.4 is 11.3 Å². The number of alkyl halides is 3. The molecule has 0 unspecified atom stereocenters. The first-order valence-electron chi connectivity index (χ1n) is 4.61. The number of nitrogens with one attached hydrogen (secondary N) is 1. The van der Waals surface area contributed by atoms with Crippen LogP contribution in [0.1, 0.15) is 17.5 Å². The molecular weight excluding hydrogens is 221 g/mol. The van der Waals surface area contributed by atoms with Crippen molar-refractivity contribution in [2.45, 2.75) is 12.6 Å². The number of hydrogen-bond acceptors (Lipinski definition) is 2. The summed E-state index contributed by atoms with van der Waals surface area (Å²) in [7, 11) is 0. The normalized spacial score (nSPS) is 12.2. The van der Waals surface area contributed by atoms with Crippen molar-refractivity contribution in [3.05, 3.63) is 39.8 Å². The van der Waals surface area contributed by atoms with Crippen LogP contribution in [0.5, 0.6) is 0 Å². The van der Waals surface area contributed by atoms with E-state index in [1.165, 1.54) is 6.08 Å². The van der Waals surface area contributed by atoms with E-state index in [-0.39, 0.29) is 5.56 Å². The average Bonchev–Trinajstić information content (AvgIpc) is 2.19. The van der Waals surface area contributed by atoms with Crippen molar-refractivity contribution < 1.29 is 13.2 Å². The summed E-state index contributed by atoms with van der Waals surface area (Å²) in [4.78, 5) is 13.2. The molecule has 0 aromatic carbocycles. The Morgan fingerprint density at radius 2 is 2.12 bits per heavy atom. The maximum absolute atomic E-state index is 12.3. The highest BCUT2D eigenvalue weighted by molar-refractivity contribution is 5.48. The van der Waals surface area contributed by atoms with E-state index in [1.54, 1.807) is 6.08 Å². The van der Waals surface area contributed by atoms with Crippen molar-refractivity contribution in [1.82, 2.24) is 4.98 Å². The standard InChI is InChI=1S/C10H11F3N2O/c11-10(12,13)8-5-7(3-1-2-4-14)9(16)15-6-8/h1,3,5-6H,2,4,14H2,(H,15,16). The lowest BCUT2D eigenvalue weighted by atomic mass is 10.2. The predicted molar refractivity (Wildman–Crippen MR) is 54.8 cm³/mol. The molecule has 0 atom stereocenters. The molecule has 3 nitrogen and oxygen atoms in total. The van der Waals surface area contributed by atoms with Crippen molar-refractivity contribution in [1.29, 1.82) is 0 Å². The minimum atomic E-state index is -4.46. The SMILES string of the molecule is NCCC=Cc1cc(C(F)(F)F)c[nH]c1=O. The average molecular weight is 232 g/mol. The first kappa shape index (κ1) is 12.5. The zero-order chi connectivity index (χ0) is 12.2. The molecule has 1 aromatic heterocycles. The maximum atomic E-state index is 12.3. The van der Waals surface area contributed by atoms with Crippen LogP contribution in [0.4, 0.5) is 13.2 Å². The Hall–Kier alpha value is -1.56. The van der Waals surface area contributed by atoms with Gasteiger partial charge in [0.2, 0.25) is 0 Å². The Morgan fingerprint density at radius 1 is 1.44 bits per heavy atom. The summed E-state index contributed by atoms with van der Waals surface area (Å²) in [5.74, 6) is 0. The molecule has 88 valence electrons. The van der Waals surface area contributed by atoms with Crippen molar-refractivity contribution >= 4 is 6.08 Å². The van der Waals surface area contributed by atoms with E-state index < -0.39 is 17.3 Å². The van der Waals surface area contributed by atoms with E-state index in [1.807, 2.05) is 4.98 Å². The molecule has 1 heterocycles. The summed E-state index contributed by atoms with van der Waals surface area (Å²) in [6.07, 6.45) is -0.398. The molecular formula is C10H11F3N2O. The molecule has 0 radical (unpaired) electrons. The molecule has 0 saturated carbocycles. The number of aromatic amines is 1. The van der Waals surface area contributed by atoms with Gasteiger partial charge in [0.1, 0.15) is 0 Å². The summed E-state index contributed by atoms with van der Waals surface area (Å²) in [6.45, 7) is 0.382. The van der Waals surface area contributed by atoms with Gasteiger partial charge in [-0.3, -0.25) is 4.79 Å². The van der Waals surface area contributed by atoms with Gasteiger partial charge in [0.15, 0.2) is 0 Å². The van der Waals surface area contributed by atoms with Gasteiger partial charge in [0, 0.05) is 11.8 Å². The van der Waals surface area contributed by atoms with Crippen molar-refractivity contribution in [2.24, 2.45) is 5.73 Å². The second kappa shape index (κ2) is 4.98. The molecule has 0 aliphatic rings. The topological polar surface area (TPSA) is 58.9 Å². The van der Waals surface area contributed by atoms with Gasteiger partial charge in [-0.2, -0.15) is 13.2 Å². The Morgan fingerprint density at radius 3 is 2.69 bits per heavy atom. The Balaban J connectivity index is 3.05. The number of halogens is 3. The molecule has 0 fully saturated rings. The Bertz CT molecular complexity index is 434. The molecule has 0 saturated heterocycles. The summed E-state index contributed by atoms with van der Waals surface area (Å²) in [5.41, 5.74) is 3.76. The highest BCUT2D eigenvalue weighted by Gasteiger charge is 2.31. The zero-order valence-electron chi connectivity index (χ0n) is 8.34. The lowest BCUT2D eigenvalue weighted by molar-refractivity contribution is -0.137. The van der Waals surface area contributed by atoms with Crippen molar-refractivity contribution in [3.63, 3.8) is 0 Å². The lowest BCUT2D eigenvalue weighted by Gasteiger charge is -2.06. The second-order valence-electron chi connectivity index (χ2n) is 3.15. The largest absolute Gasteiger partial charge is 0.417 e. The number of H-pyrrole nitrogens is 1. The first-order chi connectivity index (χ1) is 7.45. The fourth-order valence-corrected chi connectivity index (χ4v) is 1.10. The second-order valence-corrected chi connectivity index (χ2v) is 3.15. The Kier molecular flexibility index (Phi) is 3.89. The van der Waals surface area contributed by atoms with Gasteiger partial charge in [-0.1, -0.05) is 12.2 Å². The number of rotatable bonds is 3. The molecule has 16 heavy (non-hydrogen) atoms. The predicted octanol–water partition coefficient (Wildman–Crippen LogP) is 1.76. The molecule has 0 bridgehead atoms. The van der Waals surface area contributed by atoms with Crippen LogP contribution in [0.25, 0.3) is 6.08 Å². The third-order valence-electron chi connectivity index (χ3n) is 1.89. The van der Waals surface area contributed by atoms with Gasteiger partial charge in [-0.05, 0) is 19.0 Å². The van der Waals surface area contributed by atoms with Crippen LogP contribution in [0, 0.1) is 0 Å². The molecule has 1 rings (SSSR count). The minimum Gasteiger partial charge on any atom is -0.330 e. The Labute approximate surface area is 89.8 Å². The van der Waals surface area contributed by atoms with Crippen LogP contribution in [0.2, 0.25) is 0 Å². The van der Waals surface area contributed by atoms with E-state index in [0.717, 1.165) is 6.07 Å². The summed E-state index contributed by atoms with van der Waals surface area (Å²) in [5, 5.41) is 0. The number of pyridine rings is 1. The van der Waals surface area contributed by atoms with Crippen molar-refractivity contribution in [3.8, 4) is 0 Å². The van der Waals surface area contributed by atoms with Gasteiger partial charge in [-0.25, -0.2) is 0 Å². The first-order valence-corrected chi connectivity index (χ1v) is 4.61. The van der Waals surface area contributed by atoms with E-state index in [9.17, 15) is 18.0 Å². The summed E-state index contributed by atoms with van der Waals surface area (Å²) in [6, 6.07) is 0.811. The van der Waals surface area contributed by atoms with Crippen LogP contribution in [-0.4, -0.2) is 11.5 Å². The van der Waals surface area contributed by atoms with E-state index in [2.05, 4.69) is 0 Å². The maximum Gasteiger partial charge on any atom is 0.417 e. The van der Waals surface area contributed by atoms with Crippen molar-refractivity contribution in [2.75, 3.05) is 6.54 Å². The third-order valence-corrected chi connectivity index (χ3v) is 1.89. The van der Waals surface area contributed by atoms with Crippen LogP contribution in [0.3, 0.4) is 0 Å². The molecule has 0 aliphatic carbocycles.